The Morgan fingerprint density at radius 2 is 1.08 bits per heavy atom. The molecule has 0 fully saturated rings. The first-order valence-electron chi connectivity index (χ1n) is 15.3. The van der Waals surface area contributed by atoms with Crippen LogP contribution in [0, 0.1) is 27.7 Å². The summed E-state index contributed by atoms with van der Waals surface area (Å²) in [6.07, 6.45) is 3.65. The highest BCUT2D eigenvalue weighted by atomic mass is 79.9. The summed E-state index contributed by atoms with van der Waals surface area (Å²) >= 11 is 3.54. The number of rotatable bonds is 6. The molecule has 0 spiro atoms. The topological polar surface area (TPSA) is 140 Å². The van der Waals surface area contributed by atoms with E-state index in [2.05, 4.69) is 79.6 Å². The van der Waals surface area contributed by atoms with Gasteiger partial charge in [-0.2, -0.15) is 0 Å². The molecule has 0 atom stereocenters. The molecule has 6 heterocycles. The van der Waals surface area contributed by atoms with Crippen molar-refractivity contribution < 1.29 is 9.05 Å². The van der Waals surface area contributed by atoms with Gasteiger partial charge in [0.1, 0.15) is 27.2 Å². The van der Waals surface area contributed by atoms with Gasteiger partial charge in [0.25, 0.3) is 0 Å². The minimum atomic E-state index is 0. The van der Waals surface area contributed by atoms with E-state index in [1.807, 2.05) is 82.6 Å². The van der Waals surface area contributed by atoms with Crippen molar-refractivity contribution in [3.63, 3.8) is 0 Å². The summed E-state index contributed by atoms with van der Waals surface area (Å²) in [5.74, 6) is 1.91. The Labute approximate surface area is 299 Å². The number of aryl methyl sites for hydroxylation is 4. The monoisotopic (exact) mass is 733 g/mol. The van der Waals surface area contributed by atoms with Gasteiger partial charge in [0.15, 0.2) is 5.82 Å². The number of anilines is 1. The number of nitrogen functional groups attached to an aromatic ring is 1. The molecule has 0 saturated carbocycles. The van der Waals surface area contributed by atoms with Crippen LogP contribution in [0.25, 0.3) is 44.6 Å². The lowest BCUT2D eigenvalue weighted by molar-refractivity contribution is 0.393. The SMILES string of the molecule is C.C.Cc1noc(C)c1-c1cc2c(ncn2Cc2ccccc2)c(Br)n1.Cc1noc(C)c1-c1cc2c(ncn2Cc2ccccc2)c(N)n1. The summed E-state index contributed by atoms with van der Waals surface area (Å²) in [4.78, 5) is 18.0. The fourth-order valence-electron chi connectivity index (χ4n) is 5.87. The number of imidazole rings is 2. The Bertz CT molecular complexity index is 2170. The number of nitrogens with two attached hydrogens (primary N) is 1. The van der Waals surface area contributed by atoms with Crippen molar-refractivity contribution in [2.75, 3.05) is 5.73 Å². The van der Waals surface area contributed by atoms with Gasteiger partial charge in [-0.15, -0.1) is 0 Å². The Balaban J connectivity index is 0.000000187. The first-order valence-corrected chi connectivity index (χ1v) is 16.1. The van der Waals surface area contributed by atoms with Crippen LogP contribution >= 0.6 is 15.9 Å². The molecule has 0 amide bonds. The van der Waals surface area contributed by atoms with Crippen LogP contribution in [-0.4, -0.2) is 39.4 Å². The van der Waals surface area contributed by atoms with Crippen LogP contribution in [0.1, 0.15) is 48.9 Å². The number of benzene rings is 2. The van der Waals surface area contributed by atoms with Gasteiger partial charge in [-0.05, 0) is 66.9 Å². The fraction of sp³-hybridized carbons (Fsp3) is 0.211. The van der Waals surface area contributed by atoms with Gasteiger partial charge in [0, 0.05) is 13.1 Å². The first-order chi connectivity index (χ1) is 23.3. The largest absolute Gasteiger partial charge is 0.382 e. The number of nitrogens with zero attached hydrogens (tertiary/aromatic N) is 8. The normalized spacial score (nSPS) is 10.8. The highest BCUT2D eigenvalue weighted by Gasteiger charge is 2.18. The zero-order chi connectivity index (χ0) is 33.4. The molecule has 2 aromatic carbocycles. The van der Waals surface area contributed by atoms with Gasteiger partial charge in [0.05, 0.1) is 57.6 Å². The maximum absolute atomic E-state index is 6.13. The van der Waals surface area contributed by atoms with Crippen LogP contribution in [0.4, 0.5) is 5.82 Å². The van der Waals surface area contributed by atoms with Crippen LogP contribution in [0.3, 0.4) is 0 Å². The molecule has 256 valence electrons. The Morgan fingerprint density at radius 3 is 1.54 bits per heavy atom. The summed E-state index contributed by atoms with van der Waals surface area (Å²) in [5, 5.41) is 8.03. The molecule has 6 aromatic heterocycles. The van der Waals surface area contributed by atoms with Crippen molar-refractivity contribution in [1.82, 2.24) is 39.4 Å². The Hall–Kier alpha value is -5.62. The highest BCUT2D eigenvalue weighted by Crippen LogP contribution is 2.32. The lowest BCUT2D eigenvalue weighted by atomic mass is 10.1. The second kappa shape index (κ2) is 14.9. The molecule has 2 N–H and O–H groups in total. The van der Waals surface area contributed by atoms with E-state index >= 15 is 0 Å². The van der Waals surface area contributed by atoms with Crippen LogP contribution < -0.4 is 5.73 Å². The molecule has 0 aliphatic carbocycles. The average molecular weight is 735 g/mol. The molecule has 0 aliphatic heterocycles. The van der Waals surface area contributed by atoms with Crippen molar-refractivity contribution in [2.45, 2.75) is 55.6 Å². The summed E-state index contributed by atoms with van der Waals surface area (Å²) in [6, 6.07) is 24.6. The maximum atomic E-state index is 6.13. The van der Waals surface area contributed by atoms with Gasteiger partial charge >= 0.3 is 0 Å². The number of fused-ring (bicyclic) bond motifs is 2. The molecule has 50 heavy (non-hydrogen) atoms. The molecular formula is C38H40BrN9O2. The molecule has 0 radical (unpaired) electrons. The van der Waals surface area contributed by atoms with Gasteiger partial charge in [-0.3, -0.25) is 0 Å². The summed E-state index contributed by atoms with van der Waals surface area (Å²) < 4.78 is 15.5. The predicted molar refractivity (Wildman–Crippen MR) is 202 cm³/mol. The van der Waals surface area contributed by atoms with Gasteiger partial charge in [-0.1, -0.05) is 85.8 Å². The molecule has 12 heteroatoms. The number of aromatic nitrogens is 8. The number of hydrogen-bond acceptors (Lipinski definition) is 9. The van der Waals surface area contributed by atoms with E-state index < -0.39 is 0 Å². The van der Waals surface area contributed by atoms with E-state index in [1.165, 1.54) is 11.1 Å². The lowest BCUT2D eigenvalue weighted by Gasteiger charge is -2.07. The van der Waals surface area contributed by atoms with E-state index in [0.717, 1.165) is 79.7 Å². The summed E-state index contributed by atoms with van der Waals surface area (Å²) in [7, 11) is 0. The van der Waals surface area contributed by atoms with Crippen LogP contribution in [0.5, 0.6) is 0 Å². The summed E-state index contributed by atoms with van der Waals surface area (Å²) in [5.41, 5.74) is 17.1. The van der Waals surface area contributed by atoms with Crippen LogP contribution in [-0.2, 0) is 13.1 Å². The van der Waals surface area contributed by atoms with E-state index in [4.69, 9.17) is 14.8 Å². The quantitative estimate of drug-likeness (QED) is 0.166. The van der Waals surface area contributed by atoms with Crippen molar-refractivity contribution >= 4 is 43.8 Å². The van der Waals surface area contributed by atoms with Crippen LogP contribution in [0.2, 0.25) is 0 Å². The van der Waals surface area contributed by atoms with Crippen molar-refractivity contribution in [1.29, 1.82) is 0 Å². The molecule has 8 aromatic rings. The predicted octanol–water partition coefficient (Wildman–Crippen LogP) is 9.12. The van der Waals surface area contributed by atoms with Gasteiger partial charge in [-0.25, -0.2) is 19.9 Å². The lowest BCUT2D eigenvalue weighted by Crippen LogP contribution is -2.00. The molecule has 0 bridgehead atoms. The standard InChI is InChI=1S/C18H15BrN4O.C18H17N5O.2CH4/c2*1-11-16(12(2)24-22-11)14-8-15-17(18(19)21-14)20-10-23(15)9-13-6-4-3-5-7-13;;/h3-8,10H,9H2,1-2H3;3-8,10H,9H2,1-2H3,(H2,19,21);2*1H4. The van der Waals surface area contributed by atoms with E-state index in [0.29, 0.717) is 11.3 Å². The van der Waals surface area contributed by atoms with Crippen molar-refractivity contribution in [3.05, 3.63) is 124 Å². The van der Waals surface area contributed by atoms with Crippen molar-refractivity contribution in [3.8, 4) is 22.5 Å². The zero-order valence-corrected chi connectivity index (χ0v) is 28.4. The molecule has 0 saturated heterocycles. The second-order valence-corrected chi connectivity index (χ2v) is 12.3. The van der Waals surface area contributed by atoms with E-state index in [-0.39, 0.29) is 14.9 Å². The number of pyridine rings is 2. The second-order valence-electron chi connectivity index (χ2n) is 11.5. The van der Waals surface area contributed by atoms with E-state index in [1.54, 1.807) is 6.33 Å². The number of halogens is 1. The number of hydrogen-bond donors (Lipinski definition) is 1. The third-order valence-electron chi connectivity index (χ3n) is 8.17. The molecule has 0 aliphatic rings. The molecule has 0 unspecified atom stereocenters. The first kappa shape index (κ1) is 35.7. The molecule has 8 rings (SSSR count). The molecular weight excluding hydrogens is 694 g/mol. The minimum absolute atomic E-state index is 0. The minimum Gasteiger partial charge on any atom is -0.382 e. The smallest absolute Gasteiger partial charge is 0.152 e. The van der Waals surface area contributed by atoms with Crippen molar-refractivity contribution in [2.24, 2.45) is 0 Å². The highest BCUT2D eigenvalue weighted by molar-refractivity contribution is 9.10. The summed E-state index contributed by atoms with van der Waals surface area (Å²) in [6.45, 7) is 9.08. The van der Waals surface area contributed by atoms with Gasteiger partial charge in [0.2, 0.25) is 0 Å². The molecule has 11 nitrogen and oxygen atoms in total. The fourth-order valence-corrected chi connectivity index (χ4v) is 6.37. The Morgan fingerprint density at radius 1 is 0.640 bits per heavy atom. The van der Waals surface area contributed by atoms with Crippen LogP contribution in [0.15, 0.2) is 99.1 Å². The third kappa shape index (κ3) is 6.92. The maximum Gasteiger partial charge on any atom is 0.152 e. The van der Waals surface area contributed by atoms with E-state index in [9.17, 15) is 0 Å². The Kier molecular flexibility index (Phi) is 10.6. The third-order valence-corrected chi connectivity index (χ3v) is 8.72. The average Bonchev–Trinajstić information content (AvgIpc) is 3.85. The zero-order valence-electron chi connectivity index (χ0n) is 26.8. The van der Waals surface area contributed by atoms with Gasteiger partial charge < -0.3 is 23.9 Å².